The van der Waals surface area contributed by atoms with E-state index in [4.69, 9.17) is 0 Å². The lowest BCUT2D eigenvalue weighted by Gasteiger charge is -2.50. The second-order valence-electron chi connectivity index (χ2n) is 11.5. The van der Waals surface area contributed by atoms with Gasteiger partial charge >= 0.3 is 0 Å². The molecule has 4 rings (SSSR count). The van der Waals surface area contributed by atoms with Crippen molar-refractivity contribution in [2.24, 2.45) is 40.4 Å². The molecule has 0 heterocycles. The maximum atomic E-state index is 10.2. The molecular formula is C28H42O. The van der Waals surface area contributed by atoms with Crippen LogP contribution in [0.5, 0.6) is 0 Å². The van der Waals surface area contributed by atoms with Crippen LogP contribution >= 0.6 is 0 Å². The van der Waals surface area contributed by atoms with Crippen LogP contribution in [0, 0.1) is 40.4 Å². The summed E-state index contributed by atoms with van der Waals surface area (Å²) in [5.41, 5.74) is 5.26. The van der Waals surface area contributed by atoms with E-state index in [1.807, 2.05) is 0 Å². The molecule has 1 unspecified atom stereocenters. The molecule has 0 aliphatic heterocycles. The molecule has 160 valence electrons. The maximum absolute atomic E-state index is 10.2. The van der Waals surface area contributed by atoms with Crippen LogP contribution in [-0.4, -0.2) is 11.2 Å². The molecule has 1 nitrogen and oxygen atoms in total. The zero-order valence-electron chi connectivity index (χ0n) is 19.5. The second-order valence-corrected chi connectivity index (χ2v) is 11.5. The van der Waals surface area contributed by atoms with Gasteiger partial charge in [-0.3, -0.25) is 0 Å². The van der Waals surface area contributed by atoms with Crippen molar-refractivity contribution in [1.82, 2.24) is 0 Å². The fourth-order valence-electron chi connectivity index (χ4n) is 6.96. The van der Waals surface area contributed by atoms with Crippen LogP contribution in [0.1, 0.15) is 80.1 Å². The number of hydrogen-bond acceptors (Lipinski definition) is 1. The van der Waals surface area contributed by atoms with Crippen LogP contribution in [0.4, 0.5) is 0 Å². The number of aliphatic hydroxyl groups is 1. The standard InChI is InChI=1S/C28H42O/c1-18(2)19(3)7-8-20(4)24-11-12-25-23-10-9-21-17-22(29)13-15-27(21,5)26(23)14-16-28(24,25)6/h7-10,14,18-20,22,24-25,29H,11-13,15-17H2,1-6H3/b8-7+/t19-,20+,22?,24+,25-,27-,28+/m0/s1. The topological polar surface area (TPSA) is 20.2 Å². The summed E-state index contributed by atoms with van der Waals surface area (Å²) in [6, 6.07) is 0. The number of fused-ring (bicyclic) bond motifs is 5. The molecule has 1 heteroatoms. The number of aliphatic hydroxyl groups excluding tert-OH is 1. The zero-order chi connectivity index (χ0) is 21.0. The summed E-state index contributed by atoms with van der Waals surface area (Å²) in [6.45, 7) is 14.5. The van der Waals surface area contributed by atoms with Crippen LogP contribution in [0.3, 0.4) is 0 Å². The maximum Gasteiger partial charge on any atom is 0.0578 e. The van der Waals surface area contributed by atoms with Gasteiger partial charge in [-0.25, -0.2) is 0 Å². The lowest BCUT2D eigenvalue weighted by atomic mass is 9.54. The van der Waals surface area contributed by atoms with Gasteiger partial charge in [0, 0.05) is 5.41 Å². The van der Waals surface area contributed by atoms with Crippen LogP contribution in [-0.2, 0) is 0 Å². The molecule has 1 N–H and O–H groups in total. The summed E-state index contributed by atoms with van der Waals surface area (Å²) in [6.07, 6.45) is 19.1. The van der Waals surface area contributed by atoms with Crippen LogP contribution in [0.2, 0.25) is 0 Å². The van der Waals surface area contributed by atoms with Gasteiger partial charge in [-0.1, -0.05) is 77.5 Å². The summed E-state index contributed by atoms with van der Waals surface area (Å²) in [7, 11) is 0. The molecular weight excluding hydrogens is 352 g/mol. The third kappa shape index (κ3) is 3.42. The van der Waals surface area contributed by atoms with Gasteiger partial charge in [0.25, 0.3) is 0 Å². The van der Waals surface area contributed by atoms with E-state index in [9.17, 15) is 5.11 Å². The Hall–Kier alpha value is -1.08. The predicted octanol–water partition coefficient (Wildman–Crippen LogP) is 7.25. The average molecular weight is 395 g/mol. The molecule has 0 aromatic carbocycles. The van der Waals surface area contributed by atoms with E-state index in [1.165, 1.54) is 24.8 Å². The summed E-state index contributed by atoms with van der Waals surface area (Å²) in [5, 5.41) is 10.2. The zero-order valence-corrected chi connectivity index (χ0v) is 19.5. The minimum atomic E-state index is -0.143. The van der Waals surface area contributed by atoms with E-state index in [0.29, 0.717) is 29.1 Å². The van der Waals surface area contributed by atoms with Crippen molar-refractivity contribution in [2.45, 2.75) is 86.2 Å². The molecule has 0 spiro atoms. The van der Waals surface area contributed by atoms with Gasteiger partial charge in [-0.05, 0) is 84.7 Å². The molecule has 7 atom stereocenters. The lowest BCUT2D eigenvalue weighted by molar-refractivity contribution is 0.113. The summed E-state index contributed by atoms with van der Waals surface area (Å²) in [5.74, 6) is 3.50. The van der Waals surface area contributed by atoms with Crippen molar-refractivity contribution in [3.05, 3.63) is 47.1 Å². The third-order valence-corrected chi connectivity index (χ3v) is 9.45. The quantitative estimate of drug-likeness (QED) is 0.498. The van der Waals surface area contributed by atoms with E-state index >= 15 is 0 Å². The van der Waals surface area contributed by atoms with Crippen LogP contribution in [0.15, 0.2) is 47.1 Å². The van der Waals surface area contributed by atoms with Crippen LogP contribution in [0.25, 0.3) is 0 Å². The molecule has 0 saturated heterocycles. The molecule has 2 fully saturated rings. The lowest BCUT2D eigenvalue weighted by Crippen LogP contribution is -2.41. The van der Waals surface area contributed by atoms with Crippen molar-refractivity contribution in [3.8, 4) is 0 Å². The van der Waals surface area contributed by atoms with E-state index < -0.39 is 0 Å². The molecule has 0 amide bonds. The van der Waals surface area contributed by atoms with Crippen molar-refractivity contribution >= 4 is 0 Å². The summed E-state index contributed by atoms with van der Waals surface area (Å²) >= 11 is 0. The Bertz CT molecular complexity index is 765. The van der Waals surface area contributed by atoms with E-state index in [2.05, 4.69) is 71.9 Å². The van der Waals surface area contributed by atoms with Gasteiger partial charge in [0.15, 0.2) is 0 Å². The number of hydrogen-bond donors (Lipinski definition) is 1. The molecule has 29 heavy (non-hydrogen) atoms. The Kier molecular flexibility index (Phi) is 5.52. The molecule has 0 aromatic heterocycles. The first-order valence-electron chi connectivity index (χ1n) is 12.2. The second kappa shape index (κ2) is 7.56. The van der Waals surface area contributed by atoms with E-state index in [-0.39, 0.29) is 11.5 Å². The van der Waals surface area contributed by atoms with E-state index in [0.717, 1.165) is 25.2 Å². The highest BCUT2D eigenvalue weighted by molar-refractivity contribution is 5.53. The summed E-state index contributed by atoms with van der Waals surface area (Å²) < 4.78 is 0. The SMILES string of the molecule is CC(C)[C@@H](C)/C=C/[C@@H](C)[C@H]1CC[C@H]2C3=CC=C4CC(O)CC[C@]4(C)C3=CC[C@]12C. The fraction of sp³-hybridized carbons (Fsp3) is 0.714. The Morgan fingerprint density at radius 2 is 1.79 bits per heavy atom. The van der Waals surface area contributed by atoms with E-state index in [1.54, 1.807) is 11.1 Å². The first-order chi connectivity index (χ1) is 13.7. The Morgan fingerprint density at radius 1 is 1.03 bits per heavy atom. The smallest absolute Gasteiger partial charge is 0.0578 e. The van der Waals surface area contributed by atoms with Crippen molar-refractivity contribution in [2.75, 3.05) is 0 Å². The fourth-order valence-corrected chi connectivity index (χ4v) is 6.96. The van der Waals surface area contributed by atoms with Gasteiger partial charge in [0.1, 0.15) is 0 Å². The Morgan fingerprint density at radius 3 is 2.52 bits per heavy atom. The predicted molar refractivity (Wildman–Crippen MR) is 123 cm³/mol. The molecule has 0 bridgehead atoms. The molecule has 4 aliphatic rings. The van der Waals surface area contributed by atoms with Gasteiger partial charge in [0.2, 0.25) is 0 Å². The van der Waals surface area contributed by atoms with Gasteiger partial charge in [-0.15, -0.1) is 0 Å². The highest BCUT2D eigenvalue weighted by atomic mass is 16.3. The highest BCUT2D eigenvalue weighted by Crippen LogP contribution is 2.63. The van der Waals surface area contributed by atoms with Crippen LogP contribution < -0.4 is 0 Å². The third-order valence-electron chi connectivity index (χ3n) is 9.45. The molecule has 0 radical (unpaired) electrons. The monoisotopic (exact) mass is 394 g/mol. The number of rotatable bonds is 4. The number of allylic oxidation sites excluding steroid dienone is 7. The minimum absolute atomic E-state index is 0.143. The van der Waals surface area contributed by atoms with Gasteiger partial charge in [0.05, 0.1) is 6.10 Å². The highest BCUT2D eigenvalue weighted by Gasteiger charge is 2.53. The van der Waals surface area contributed by atoms with Crippen molar-refractivity contribution in [3.63, 3.8) is 0 Å². The van der Waals surface area contributed by atoms with Gasteiger partial charge < -0.3 is 5.11 Å². The largest absolute Gasteiger partial charge is 0.393 e. The van der Waals surface area contributed by atoms with Gasteiger partial charge in [-0.2, -0.15) is 0 Å². The van der Waals surface area contributed by atoms with Crippen molar-refractivity contribution < 1.29 is 5.11 Å². The summed E-state index contributed by atoms with van der Waals surface area (Å²) in [4.78, 5) is 0. The van der Waals surface area contributed by atoms with Crippen molar-refractivity contribution in [1.29, 1.82) is 0 Å². The average Bonchev–Trinajstić information content (AvgIpc) is 3.03. The first-order valence-corrected chi connectivity index (χ1v) is 12.2. The Labute approximate surface area is 179 Å². The molecule has 0 aromatic rings. The minimum Gasteiger partial charge on any atom is -0.393 e. The first kappa shape index (κ1) is 21.2. The normalized spacial score (nSPS) is 41.2. The Balaban J connectivity index is 1.60. The molecule has 4 aliphatic carbocycles. The molecule has 2 saturated carbocycles.